The third-order valence-corrected chi connectivity index (χ3v) is 3.84. The predicted molar refractivity (Wildman–Crippen MR) is 91.0 cm³/mol. The van der Waals surface area contributed by atoms with Gasteiger partial charge in [0.25, 0.3) is 5.91 Å². The Balaban J connectivity index is 1.83. The van der Waals surface area contributed by atoms with E-state index in [2.05, 4.69) is 4.98 Å². The number of aryl methyl sites for hydroxylation is 1. The number of amides is 1. The first-order chi connectivity index (χ1) is 11.6. The van der Waals surface area contributed by atoms with Crippen LogP contribution in [0.5, 0.6) is 5.75 Å². The fourth-order valence-electron chi connectivity index (χ4n) is 2.25. The van der Waals surface area contributed by atoms with E-state index in [1.165, 1.54) is 0 Å². The summed E-state index contributed by atoms with van der Waals surface area (Å²) in [5, 5.41) is 0.560. The summed E-state index contributed by atoms with van der Waals surface area (Å²) < 4.78 is 11.4. The fraction of sp³-hybridized carbons (Fsp3) is 0.111. The largest absolute Gasteiger partial charge is 0.486 e. The van der Waals surface area contributed by atoms with E-state index in [0.29, 0.717) is 39.2 Å². The average Bonchev–Trinajstić information content (AvgIpc) is 2.94. The van der Waals surface area contributed by atoms with Crippen molar-refractivity contribution < 1.29 is 13.9 Å². The van der Waals surface area contributed by atoms with Gasteiger partial charge in [-0.2, -0.15) is 0 Å². The Hall–Kier alpha value is -2.79. The van der Waals surface area contributed by atoms with Gasteiger partial charge < -0.3 is 14.9 Å². The Kier molecular flexibility index (Phi) is 4.53. The van der Waals surface area contributed by atoms with E-state index >= 15 is 0 Å². The van der Waals surface area contributed by atoms with Gasteiger partial charge in [-0.25, -0.2) is 4.98 Å². The van der Waals surface area contributed by atoms with Crippen LogP contribution in [0.2, 0.25) is 5.02 Å². The molecule has 122 valence electrons. The van der Waals surface area contributed by atoms with Gasteiger partial charge in [0.1, 0.15) is 23.8 Å². The molecule has 2 N–H and O–H groups in total. The summed E-state index contributed by atoms with van der Waals surface area (Å²) in [6.45, 7) is 1.95. The number of halogens is 1. The molecule has 0 bridgehead atoms. The Bertz CT molecular complexity index is 889. The standard InChI is InChI=1S/C18H15ClN2O3/c1-11-15(10-23-16-9-5-3-7-13(16)17(20)22)21-18(24-11)12-6-2-4-8-14(12)19/h2-9H,10H2,1H3,(H2,20,22). The zero-order chi connectivity index (χ0) is 17.1. The van der Waals surface area contributed by atoms with Crippen LogP contribution in [0.3, 0.4) is 0 Å². The minimum Gasteiger partial charge on any atom is -0.486 e. The number of hydrogen-bond donors (Lipinski definition) is 1. The number of nitrogens with zero attached hydrogens (tertiary/aromatic N) is 1. The third-order valence-electron chi connectivity index (χ3n) is 3.51. The number of ether oxygens (including phenoxy) is 1. The highest BCUT2D eigenvalue weighted by Gasteiger charge is 2.15. The van der Waals surface area contributed by atoms with Crippen molar-refractivity contribution in [2.75, 3.05) is 0 Å². The van der Waals surface area contributed by atoms with Crippen molar-refractivity contribution in [1.29, 1.82) is 0 Å². The zero-order valence-electron chi connectivity index (χ0n) is 13.0. The number of para-hydroxylation sites is 1. The van der Waals surface area contributed by atoms with E-state index in [9.17, 15) is 4.79 Å². The molecule has 0 saturated carbocycles. The van der Waals surface area contributed by atoms with Crippen molar-refractivity contribution in [3.63, 3.8) is 0 Å². The molecular formula is C18H15ClN2O3. The SMILES string of the molecule is Cc1oc(-c2ccccc2Cl)nc1COc1ccccc1C(N)=O. The first-order valence-corrected chi connectivity index (χ1v) is 7.67. The van der Waals surface area contributed by atoms with Crippen LogP contribution in [-0.4, -0.2) is 10.9 Å². The molecule has 0 saturated heterocycles. The number of aromatic nitrogens is 1. The van der Waals surface area contributed by atoms with Gasteiger partial charge in [0.15, 0.2) is 0 Å². The van der Waals surface area contributed by atoms with Crippen LogP contribution in [-0.2, 0) is 6.61 Å². The molecule has 1 heterocycles. The molecular weight excluding hydrogens is 328 g/mol. The summed E-state index contributed by atoms with van der Waals surface area (Å²) >= 11 is 6.17. The van der Waals surface area contributed by atoms with E-state index in [-0.39, 0.29) is 6.61 Å². The molecule has 0 fully saturated rings. The molecule has 1 aromatic heterocycles. The maximum absolute atomic E-state index is 11.4. The van der Waals surface area contributed by atoms with Crippen molar-refractivity contribution in [2.24, 2.45) is 5.73 Å². The second-order valence-electron chi connectivity index (χ2n) is 5.15. The number of carbonyl (C=O) groups is 1. The summed E-state index contributed by atoms with van der Waals surface area (Å²) in [6.07, 6.45) is 0. The third kappa shape index (κ3) is 3.26. The lowest BCUT2D eigenvalue weighted by Crippen LogP contribution is -2.13. The van der Waals surface area contributed by atoms with Crippen LogP contribution in [0.25, 0.3) is 11.5 Å². The molecule has 5 nitrogen and oxygen atoms in total. The predicted octanol–water partition coefficient (Wildman–Crippen LogP) is 3.98. The summed E-state index contributed by atoms with van der Waals surface area (Å²) in [5.74, 6) is 0.923. The van der Waals surface area contributed by atoms with Gasteiger partial charge in [0.2, 0.25) is 5.89 Å². The molecule has 1 amide bonds. The van der Waals surface area contributed by atoms with E-state index in [4.69, 9.17) is 26.5 Å². The number of primary amides is 1. The van der Waals surface area contributed by atoms with Crippen LogP contribution in [0.15, 0.2) is 52.9 Å². The second-order valence-corrected chi connectivity index (χ2v) is 5.56. The maximum atomic E-state index is 11.4. The monoisotopic (exact) mass is 342 g/mol. The lowest BCUT2D eigenvalue weighted by molar-refractivity contribution is 0.0996. The van der Waals surface area contributed by atoms with Crippen molar-refractivity contribution >= 4 is 17.5 Å². The molecule has 6 heteroatoms. The van der Waals surface area contributed by atoms with E-state index in [0.717, 1.165) is 0 Å². The summed E-state index contributed by atoms with van der Waals surface area (Å²) in [6, 6.07) is 14.1. The number of carbonyl (C=O) groups excluding carboxylic acids is 1. The molecule has 0 atom stereocenters. The van der Waals surface area contributed by atoms with Crippen LogP contribution in [0, 0.1) is 6.92 Å². The first kappa shape index (κ1) is 16.1. The summed E-state index contributed by atoms with van der Waals surface area (Å²) in [5.41, 5.74) is 7.01. The Morgan fingerprint density at radius 2 is 1.92 bits per heavy atom. The number of benzene rings is 2. The van der Waals surface area contributed by atoms with Crippen molar-refractivity contribution in [3.8, 4) is 17.2 Å². The molecule has 0 radical (unpaired) electrons. The van der Waals surface area contributed by atoms with Crippen LogP contribution in [0.1, 0.15) is 21.8 Å². The van der Waals surface area contributed by atoms with Gasteiger partial charge in [0.05, 0.1) is 16.1 Å². The summed E-state index contributed by atoms with van der Waals surface area (Å²) in [4.78, 5) is 15.9. The Morgan fingerprint density at radius 1 is 1.21 bits per heavy atom. The Morgan fingerprint density at radius 3 is 2.67 bits per heavy atom. The Labute approximate surface area is 144 Å². The molecule has 0 aliphatic carbocycles. The minimum atomic E-state index is -0.542. The molecule has 3 rings (SSSR count). The normalized spacial score (nSPS) is 10.6. The molecule has 0 unspecified atom stereocenters. The molecule has 0 spiro atoms. The zero-order valence-corrected chi connectivity index (χ0v) is 13.7. The smallest absolute Gasteiger partial charge is 0.252 e. The van der Waals surface area contributed by atoms with Gasteiger partial charge in [-0.1, -0.05) is 35.9 Å². The van der Waals surface area contributed by atoms with Gasteiger partial charge in [-0.15, -0.1) is 0 Å². The van der Waals surface area contributed by atoms with Gasteiger partial charge in [-0.3, -0.25) is 4.79 Å². The van der Waals surface area contributed by atoms with E-state index in [1.807, 2.05) is 18.2 Å². The number of rotatable bonds is 5. The summed E-state index contributed by atoms with van der Waals surface area (Å²) in [7, 11) is 0. The van der Waals surface area contributed by atoms with Crippen LogP contribution in [0.4, 0.5) is 0 Å². The topological polar surface area (TPSA) is 78.3 Å². The lowest BCUT2D eigenvalue weighted by Gasteiger charge is -2.07. The first-order valence-electron chi connectivity index (χ1n) is 7.29. The average molecular weight is 343 g/mol. The number of hydrogen-bond acceptors (Lipinski definition) is 4. The van der Waals surface area contributed by atoms with Crippen LogP contribution >= 0.6 is 11.6 Å². The molecule has 2 aromatic carbocycles. The second kappa shape index (κ2) is 6.76. The number of nitrogens with two attached hydrogens (primary N) is 1. The van der Waals surface area contributed by atoms with Gasteiger partial charge >= 0.3 is 0 Å². The highest BCUT2D eigenvalue weighted by molar-refractivity contribution is 6.33. The van der Waals surface area contributed by atoms with E-state index < -0.39 is 5.91 Å². The number of oxazole rings is 1. The van der Waals surface area contributed by atoms with E-state index in [1.54, 1.807) is 37.3 Å². The van der Waals surface area contributed by atoms with Crippen molar-refractivity contribution in [2.45, 2.75) is 13.5 Å². The van der Waals surface area contributed by atoms with Gasteiger partial charge in [0, 0.05) is 0 Å². The maximum Gasteiger partial charge on any atom is 0.252 e. The molecule has 3 aromatic rings. The van der Waals surface area contributed by atoms with Crippen molar-refractivity contribution in [1.82, 2.24) is 4.98 Å². The highest BCUT2D eigenvalue weighted by Crippen LogP contribution is 2.29. The lowest BCUT2D eigenvalue weighted by atomic mass is 10.2. The van der Waals surface area contributed by atoms with Crippen molar-refractivity contribution in [3.05, 3.63) is 70.6 Å². The van der Waals surface area contributed by atoms with Gasteiger partial charge in [-0.05, 0) is 31.2 Å². The quantitative estimate of drug-likeness (QED) is 0.760. The minimum absolute atomic E-state index is 0.157. The molecule has 24 heavy (non-hydrogen) atoms. The molecule has 0 aliphatic heterocycles. The fourth-order valence-corrected chi connectivity index (χ4v) is 2.47. The molecule has 0 aliphatic rings. The van der Waals surface area contributed by atoms with Crippen LogP contribution < -0.4 is 10.5 Å². The highest BCUT2D eigenvalue weighted by atomic mass is 35.5.